The Hall–Kier alpha value is -3.81. The number of amides is 2. The van der Waals surface area contributed by atoms with Gasteiger partial charge in [0.25, 0.3) is 0 Å². The number of carbonyl (C=O) groups excluding carboxylic acids is 3. The number of carbonyl (C=O) groups is 3. The standard InChI is InChI=1S/C28H35N3O5/c1-18(2)24(26(33)35-17-19-11-7-6-8-12-19)31-25(32)23(30-27(34)36-28(3,4)5)15-20-16-29-22-14-10-9-13-21(20)22/h6-14,16,18,23-24,29H,15,17H2,1-5H3,(H,30,34)(H,31,32). The summed E-state index contributed by atoms with van der Waals surface area (Å²) in [7, 11) is 0. The van der Waals surface area contributed by atoms with Gasteiger partial charge in [0.05, 0.1) is 0 Å². The van der Waals surface area contributed by atoms with Gasteiger partial charge in [0.15, 0.2) is 0 Å². The fourth-order valence-electron chi connectivity index (χ4n) is 3.75. The van der Waals surface area contributed by atoms with E-state index in [2.05, 4.69) is 15.6 Å². The second-order valence-corrected chi connectivity index (χ2v) is 10.1. The number of rotatable bonds is 9. The van der Waals surface area contributed by atoms with Crippen molar-refractivity contribution in [1.29, 1.82) is 0 Å². The molecule has 3 aromatic rings. The summed E-state index contributed by atoms with van der Waals surface area (Å²) in [5.41, 5.74) is 1.90. The monoisotopic (exact) mass is 493 g/mol. The Bertz CT molecular complexity index is 1180. The molecule has 36 heavy (non-hydrogen) atoms. The molecule has 2 amide bonds. The lowest BCUT2D eigenvalue weighted by Gasteiger charge is -2.26. The van der Waals surface area contributed by atoms with E-state index in [-0.39, 0.29) is 18.9 Å². The van der Waals surface area contributed by atoms with Crippen LogP contribution in [0.5, 0.6) is 0 Å². The van der Waals surface area contributed by atoms with Gasteiger partial charge in [-0.2, -0.15) is 0 Å². The highest BCUT2D eigenvalue weighted by Crippen LogP contribution is 2.20. The third-order valence-corrected chi connectivity index (χ3v) is 5.55. The second kappa shape index (κ2) is 11.7. The molecule has 0 radical (unpaired) electrons. The van der Waals surface area contributed by atoms with Gasteiger partial charge in [-0.3, -0.25) is 4.79 Å². The van der Waals surface area contributed by atoms with Crippen molar-refractivity contribution >= 4 is 28.9 Å². The Morgan fingerprint density at radius 2 is 1.61 bits per heavy atom. The van der Waals surface area contributed by atoms with Crippen LogP contribution in [0.25, 0.3) is 10.9 Å². The summed E-state index contributed by atoms with van der Waals surface area (Å²) in [5.74, 6) is -1.26. The predicted molar refractivity (Wildman–Crippen MR) is 138 cm³/mol. The summed E-state index contributed by atoms with van der Waals surface area (Å²) in [4.78, 5) is 42.0. The number of hydrogen-bond donors (Lipinski definition) is 3. The summed E-state index contributed by atoms with van der Waals surface area (Å²) in [6.07, 6.45) is 1.31. The lowest BCUT2D eigenvalue weighted by molar-refractivity contribution is -0.150. The quantitative estimate of drug-likeness (QED) is 0.381. The summed E-state index contributed by atoms with van der Waals surface area (Å²) in [6, 6.07) is 15.2. The molecular formula is C28H35N3O5. The van der Waals surface area contributed by atoms with Crippen molar-refractivity contribution in [2.75, 3.05) is 0 Å². The molecule has 0 aliphatic rings. The average molecular weight is 494 g/mol. The van der Waals surface area contributed by atoms with Crippen LogP contribution in [-0.4, -0.2) is 40.6 Å². The lowest BCUT2D eigenvalue weighted by atomic mass is 10.0. The molecule has 3 rings (SSSR count). The van der Waals surface area contributed by atoms with Crippen LogP contribution in [0.1, 0.15) is 45.7 Å². The molecule has 0 bridgehead atoms. The third-order valence-electron chi connectivity index (χ3n) is 5.55. The molecule has 0 saturated heterocycles. The van der Waals surface area contributed by atoms with Gasteiger partial charge in [0.2, 0.25) is 5.91 Å². The van der Waals surface area contributed by atoms with Gasteiger partial charge in [-0.15, -0.1) is 0 Å². The van der Waals surface area contributed by atoms with Gasteiger partial charge in [-0.25, -0.2) is 9.59 Å². The zero-order valence-corrected chi connectivity index (χ0v) is 21.5. The Balaban J connectivity index is 1.76. The van der Waals surface area contributed by atoms with Crippen molar-refractivity contribution in [1.82, 2.24) is 15.6 Å². The lowest BCUT2D eigenvalue weighted by Crippen LogP contribution is -2.54. The van der Waals surface area contributed by atoms with E-state index in [9.17, 15) is 14.4 Å². The molecule has 1 aromatic heterocycles. The number of esters is 1. The largest absolute Gasteiger partial charge is 0.459 e. The van der Waals surface area contributed by atoms with Gasteiger partial charge < -0.3 is 25.1 Å². The Kier molecular flexibility index (Phi) is 8.74. The zero-order chi connectivity index (χ0) is 26.3. The average Bonchev–Trinajstić information content (AvgIpc) is 3.22. The first-order valence-corrected chi connectivity index (χ1v) is 12.1. The van der Waals surface area contributed by atoms with E-state index in [1.165, 1.54) is 0 Å². The van der Waals surface area contributed by atoms with E-state index in [0.29, 0.717) is 0 Å². The van der Waals surface area contributed by atoms with Gasteiger partial charge in [-0.05, 0) is 43.9 Å². The van der Waals surface area contributed by atoms with Crippen molar-refractivity contribution in [2.24, 2.45) is 5.92 Å². The first kappa shape index (κ1) is 26.8. The van der Waals surface area contributed by atoms with Gasteiger partial charge in [-0.1, -0.05) is 62.4 Å². The Morgan fingerprint density at radius 3 is 2.28 bits per heavy atom. The molecule has 0 aliphatic carbocycles. The Labute approximate surface area is 211 Å². The number of benzene rings is 2. The highest BCUT2D eigenvalue weighted by molar-refractivity contribution is 5.91. The highest BCUT2D eigenvalue weighted by Gasteiger charge is 2.31. The molecular weight excluding hydrogens is 458 g/mol. The van der Waals surface area contributed by atoms with Crippen molar-refractivity contribution in [3.63, 3.8) is 0 Å². The van der Waals surface area contributed by atoms with E-state index in [1.54, 1.807) is 20.8 Å². The summed E-state index contributed by atoms with van der Waals surface area (Å²) >= 11 is 0. The highest BCUT2D eigenvalue weighted by atomic mass is 16.6. The van der Waals surface area contributed by atoms with Gasteiger partial charge in [0, 0.05) is 23.5 Å². The van der Waals surface area contributed by atoms with Crippen LogP contribution in [0.2, 0.25) is 0 Å². The van der Waals surface area contributed by atoms with E-state index in [0.717, 1.165) is 22.0 Å². The fraction of sp³-hybridized carbons (Fsp3) is 0.393. The number of alkyl carbamates (subject to hydrolysis) is 1. The minimum atomic E-state index is -0.970. The normalized spacial score (nSPS) is 13.2. The zero-order valence-electron chi connectivity index (χ0n) is 21.5. The Morgan fingerprint density at radius 1 is 0.944 bits per heavy atom. The van der Waals surface area contributed by atoms with Crippen molar-refractivity contribution < 1.29 is 23.9 Å². The molecule has 3 N–H and O–H groups in total. The molecule has 1 heterocycles. The molecule has 0 fully saturated rings. The van der Waals surface area contributed by atoms with Gasteiger partial charge in [0.1, 0.15) is 24.3 Å². The van der Waals surface area contributed by atoms with Crippen LogP contribution in [0.4, 0.5) is 4.79 Å². The molecule has 2 unspecified atom stereocenters. The van der Waals surface area contributed by atoms with Crippen LogP contribution < -0.4 is 10.6 Å². The van der Waals surface area contributed by atoms with Crippen LogP contribution >= 0.6 is 0 Å². The molecule has 192 valence electrons. The van der Waals surface area contributed by atoms with Crippen LogP contribution in [0, 0.1) is 5.92 Å². The molecule has 0 spiro atoms. The molecule has 0 aliphatic heterocycles. The summed E-state index contributed by atoms with van der Waals surface area (Å²) < 4.78 is 10.9. The second-order valence-electron chi connectivity index (χ2n) is 10.1. The van der Waals surface area contributed by atoms with Crippen LogP contribution in [0.3, 0.4) is 0 Å². The number of ether oxygens (including phenoxy) is 2. The first-order chi connectivity index (χ1) is 17.0. The SMILES string of the molecule is CC(C)C(NC(=O)C(Cc1c[nH]c2ccccc12)NC(=O)OC(C)(C)C)C(=O)OCc1ccccc1. The van der Waals surface area contributed by atoms with Gasteiger partial charge >= 0.3 is 12.1 Å². The van der Waals surface area contributed by atoms with E-state index in [1.807, 2.05) is 74.6 Å². The molecule has 2 atom stereocenters. The molecule has 2 aromatic carbocycles. The number of H-pyrrole nitrogens is 1. The van der Waals surface area contributed by atoms with Crippen LogP contribution in [-0.2, 0) is 32.1 Å². The van der Waals surface area contributed by atoms with Crippen molar-refractivity contribution in [3.8, 4) is 0 Å². The third kappa shape index (κ3) is 7.60. The van der Waals surface area contributed by atoms with E-state index < -0.39 is 35.7 Å². The summed E-state index contributed by atoms with van der Waals surface area (Å²) in [5, 5.41) is 6.41. The number of para-hydroxylation sites is 1. The topological polar surface area (TPSA) is 110 Å². The molecule has 0 saturated carbocycles. The fourth-order valence-corrected chi connectivity index (χ4v) is 3.75. The minimum absolute atomic E-state index is 0.105. The first-order valence-electron chi connectivity index (χ1n) is 12.1. The van der Waals surface area contributed by atoms with Crippen molar-refractivity contribution in [2.45, 2.75) is 65.3 Å². The number of aromatic amines is 1. The maximum absolute atomic E-state index is 13.4. The maximum Gasteiger partial charge on any atom is 0.408 e. The van der Waals surface area contributed by atoms with E-state index >= 15 is 0 Å². The molecule has 8 nitrogen and oxygen atoms in total. The van der Waals surface area contributed by atoms with E-state index in [4.69, 9.17) is 9.47 Å². The number of nitrogens with one attached hydrogen (secondary N) is 3. The van der Waals surface area contributed by atoms with Crippen molar-refractivity contribution in [3.05, 3.63) is 71.9 Å². The summed E-state index contributed by atoms with van der Waals surface area (Å²) in [6.45, 7) is 9.00. The number of aromatic nitrogens is 1. The predicted octanol–water partition coefficient (Wildman–Crippen LogP) is 4.49. The maximum atomic E-state index is 13.4. The minimum Gasteiger partial charge on any atom is -0.459 e. The number of hydrogen-bond acceptors (Lipinski definition) is 5. The number of fused-ring (bicyclic) bond motifs is 1. The smallest absolute Gasteiger partial charge is 0.408 e. The molecule has 8 heteroatoms. The van der Waals surface area contributed by atoms with Crippen LogP contribution in [0.15, 0.2) is 60.8 Å².